The highest BCUT2D eigenvalue weighted by atomic mass is 19.4. The molecule has 148 valence electrons. The molecule has 0 spiro atoms. The van der Waals surface area contributed by atoms with Gasteiger partial charge in [-0.2, -0.15) is 23.5 Å². The molecule has 0 fully saturated rings. The zero-order valence-electron chi connectivity index (χ0n) is 15.6. The fraction of sp³-hybridized carbons (Fsp3) is 0.368. The van der Waals surface area contributed by atoms with Crippen molar-refractivity contribution in [2.45, 2.75) is 26.9 Å². The Hall–Kier alpha value is -3.15. The number of amides is 1. The van der Waals surface area contributed by atoms with Gasteiger partial charge in [-0.05, 0) is 39.0 Å². The van der Waals surface area contributed by atoms with Gasteiger partial charge in [-0.3, -0.25) is 9.59 Å². The van der Waals surface area contributed by atoms with E-state index in [9.17, 15) is 22.8 Å². The van der Waals surface area contributed by atoms with Crippen LogP contribution in [0.2, 0.25) is 0 Å². The normalized spacial score (nSPS) is 12.3. The Kier molecular flexibility index (Phi) is 6.23. The molecule has 2 rings (SSSR count). The largest absolute Gasteiger partial charge is 0.416 e. The molecule has 0 aliphatic heterocycles. The second kappa shape index (κ2) is 8.25. The third kappa shape index (κ3) is 4.57. The maximum atomic E-state index is 13.0. The summed E-state index contributed by atoms with van der Waals surface area (Å²) in [6.07, 6.45) is -4.53. The molecule has 0 aliphatic rings. The Balaban J connectivity index is 2.52. The average molecular weight is 392 g/mol. The third-order valence-corrected chi connectivity index (χ3v) is 4.11. The van der Waals surface area contributed by atoms with Gasteiger partial charge in [0.1, 0.15) is 0 Å². The lowest BCUT2D eigenvalue weighted by Gasteiger charge is -2.22. The second-order valence-corrected chi connectivity index (χ2v) is 6.33. The highest BCUT2D eigenvalue weighted by molar-refractivity contribution is 5.92. The van der Waals surface area contributed by atoms with E-state index in [1.54, 1.807) is 13.8 Å². The molecule has 0 radical (unpaired) electrons. The monoisotopic (exact) mass is 392 g/mol. The number of rotatable bonds is 5. The van der Waals surface area contributed by atoms with Crippen LogP contribution in [0.3, 0.4) is 0 Å². The standard InChI is InChI=1S/C19H19F3N4O2/c1-4-25(11-12(2)10-23)18(28)17-16(27)8-13(3)26(24-17)15-7-5-6-14(9-15)19(20,21)22/h5-9,12H,4,11H2,1-3H3. The first-order valence-corrected chi connectivity index (χ1v) is 8.56. The summed E-state index contributed by atoms with van der Waals surface area (Å²) in [5, 5.41) is 13.0. The topological polar surface area (TPSA) is 79.0 Å². The van der Waals surface area contributed by atoms with Gasteiger partial charge in [0.2, 0.25) is 5.43 Å². The summed E-state index contributed by atoms with van der Waals surface area (Å²) in [6.45, 7) is 5.22. The van der Waals surface area contributed by atoms with E-state index in [1.165, 1.54) is 24.0 Å². The van der Waals surface area contributed by atoms with Gasteiger partial charge in [0, 0.05) is 24.8 Å². The van der Waals surface area contributed by atoms with Crippen LogP contribution < -0.4 is 5.43 Å². The van der Waals surface area contributed by atoms with E-state index in [-0.39, 0.29) is 24.5 Å². The van der Waals surface area contributed by atoms with Crippen LogP contribution in [0.1, 0.15) is 35.6 Å². The van der Waals surface area contributed by atoms with E-state index in [0.29, 0.717) is 0 Å². The summed E-state index contributed by atoms with van der Waals surface area (Å²) in [6, 6.07) is 7.63. The molecule has 1 heterocycles. The second-order valence-electron chi connectivity index (χ2n) is 6.33. The van der Waals surface area contributed by atoms with Gasteiger partial charge < -0.3 is 4.90 Å². The lowest BCUT2D eigenvalue weighted by Crippen LogP contribution is -2.38. The molecule has 1 amide bonds. The summed E-state index contributed by atoms with van der Waals surface area (Å²) >= 11 is 0. The van der Waals surface area contributed by atoms with Gasteiger partial charge >= 0.3 is 6.18 Å². The van der Waals surface area contributed by atoms with Crippen molar-refractivity contribution in [2.75, 3.05) is 13.1 Å². The van der Waals surface area contributed by atoms with Crippen molar-refractivity contribution in [3.05, 3.63) is 57.5 Å². The van der Waals surface area contributed by atoms with Crippen LogP contribution in [0.4, 0.5) is 13.2 Å². The van der Waals surface area contributed by atoms with Gasteiger partial charge in [0.15, 0.2) is 5.69 Å². The van der Waals surface area contributed by atoms with Crippen LogP contribution in [0.25, 0.3) is 5.69 Å². The number of carbonyl (C=O) groups is 1. The molecule has 2 aromatic rings. The molecule has 1 aromatic carbocycles. The molecule has 28 heavy (non-hydrogen) atoms. The summed E-state index contributed by atoms with van der Waals surface area (Å²) in [5.41, 5.74) is -1.54. The quantitative estimate of drug-likeness (QED) is 0.783. The lowest BCUT2D eigenvalue weighted by molar-refractivity contribution is -0.137. The number of alkyl halides is 3. The molecule has 0 aliphatic carbocycles. The predicted octanol–water partition coefficient (Wildman–Crippen LogP) is 3.18. The number of nitrogens with zero attached hydrogens (tertiary/aromatic N) is 4. The van der Waals surface area contributed by atoms with Crippen molar-refractivity contribution >= 4 is 5.91 Å². The number of hydrogen-bond donors (Lipinski definition) is 0. The molecule has 0 N–H and O–H groups in total. The molecule has 0 saturated carbocycles. The van der Waals surface area contributed by atoms with Crippen LogP contribution >= 0.6 is 0 Å². The number of halogens is 3. The van der Waals surface area contributed by atoms with Crippen molar-refractivity contribution < 1.29 is 18.0 Å². The van der Waals surface area contributed by atoms with Crippen LogP contribution in [0.5, 0.6) is 0 Å². The molecule has 0 bridgehead atoms. The first kappa shape index (κ1) is 21.2. The first-order chi connectivity index (χ1) is 13.1. The summed E-state index contributed by atoms with van der Waals surface area (Å²) in [7, 11) is 0. The van der Waals surface area contributed by atoms with Gasteiger partial charge in [-0.25, -0.2) is 4.68 Å². The lowest BCUT2D eigenvalue weighted by atomic mass is 10.1. The first-order valence-electron chi connectivity index (χ1n) is 8.56. The maximum Gasteiger partial charge on any atom is 0.416 e. The minimum Gasteiger partial charge on any atom is -0.336 e. The fourth-order valence-corrected chi connectivity index (χ4v) is 2.65. The number of carbonyl (C=O) groups excluding carboxylic acids is 1. The van der Waals surface area contributed by atoms with Crippen molar-refractivity contribution in [2.24, 2.45) is 5.92 Å². The highest BCUT2D eigenvalue weighted by Gasteiger charge is 2.31. The summed E-state index contributed by atoms with van der Waals surface area (Å²) in [4.78, 5) is 26.3. The number of aryl methyl sites for hydroxylation is 1. The molecule has 1 aromatic heterocycles. The molecule has 1 unspecified atom stereocenters. The van der Waals surface area contributed by atoms with E-state index in [4.69, 9.17) is 5.26 Å². The number of aromatic nitrogens is 2. The molecular weight excluding hydrogens is 373 g/mol. The molecule has 1 atom stereocenters. The maximum absolute atomic E-state index is 13.0. The van der Waals surface area contributed by atoms with Crippen LogP contribution in [-0.2, 0) is 6.18 Å². The average Bonchev–Trinajstić information content (AvgIpc) is 2.64. The number of nitriles is 1. The zero-order chi connectivity index (χ0) is 21.1. The number of hydrogen-bond acceptors (Lipinski definition) is 4. The Labute approximate surface area is 159 Å². The minimum atomic E-state index is -4.53. The van der Waals surface area contributed by atoms with Gasteiger partial charge in [-0.15, -0.1) is 0 Å². The Morgan fingerprint density at radius 2 is 2.04 bits per heavy atom. The van der Waals surface area contributed by atoms with E-state index in [0.717, 1.165) is 22.9 Å². The molecule has 6 nitrogen and oxygen atoms in total. The van der Waals surface area contributed by atoms with Gasteiger partial charge in [0.25, 0.3) is 5.91 Å². The van der Waals surface area contributed by atoms with Crippen LogP contribution in [0, 0.1) is 24.2 Å². The molecule has 9 heteroatoms. The smallest absolute Gasteiger partial charge is 0.336 e. The van der Waals surface area contributed by atoms with Crippen molar-refractivity contribution in [3.8, 4) is 11.8 Å². The van der Waals surface area contributed by atoms with Crippen molar-refractivity contribution in [1.82, 2.24) is 14.7 Å². The van der Waals surface area contributed by atoms with E-state index >= 15 is 0 Å². The Morgan fingerprint density at radius 3 is 2.61 bits per heavy atom. The predicted molar refractivity (Wildman–Crippen MR) is 95.9 cm³/mol. The van der Waals surface area contributed by atoms with Crippen LogP contribution in [0.15, 0.2) is 35.1 Å². The summed E-state index contributed by atoms with van der Waals surface area (Å²) in [5.74, 6) is -1.12. The third-order valence-electron chi connectivity index (χ3n) is 4.11. The molecule has 0 saturated heterocycles. The Bertz CT molecular complexity index is 976. The zero-order valence-corrected chi connectivity index (χ0v) is 15.6. The number of benzene rings is 1. The Morgan fingerprint density at radius 1 is 1.36 bits per heavy atom. The van der Waals surface area contributed by atoms with Crippen LogP contribution in [-0.4, -0.2) is 33.7 Å². The SMILES string of the molecule is CCN(CC(C)C#N)C(=O)c1nn(-c2cccc(C(F)(F)F)c2)c(C)cc1=O. The highest BCUT2D eigenvalue weighted by Crippen LogP contribution is 2.30. The minimum absolute atomic E-state index is 0.0785. The van der Waals surface area contributed by atoms with E-state index in [2.05, 4.69) is 5.10 Å². The van der Waals surface area contributed by atoms with Gasteiger partial charge in [0.05, 0.1) is 23.2 Å². The van der Waals surface area contributed by atoms with E-state index in [1.807, 2.05) is 6.07 Å². The van der Waals surface area contributed by atoms with E-state index < -0.39 is 34.7 Å². The summed E-state index contributed by atoms with van der Waals surface area (Å²) < 4.78 is 40.1. The van der Waals surface area contributed by atoms with Crippen molar-refractivity contribution in [1.29, 1.82) is 5.26 Å². The van der Waals surface area contributed by atoms with Gasteiger partial charge in [-0.1, -0.05) is 6.07 Å². The van der Waals surface area contributed by atoms with Crippen molar-refractivity contribution in [3.63, 3.8) is 0 Å². The molecular formula is C19H19F3N4O2. The fourth-order valence-electron chi connectivity index (χ4n) is 2.65.